The summed E-state index contributed by atoms with van der Waals surface area (Å²) in [6, 6.07) is 20.3. The van der Waals surface area contributed by atoms with Crippen LogP contribution in [0.5, 0.6) is 11.5 Å². The minimum Gasteiger partial charge on any atom is -0.490 e. The van der Waals surface area contributed by atoms with Crippen LogP contribution in [0.15, 0.2) is 60.7 Å². The van der Waals surface area contributed by atoms with E-state index < -0.39 is 0 Å². The van der Waals surface area contributed by atoms with Crippen LogP contribution in [0.3, 0.4) is 0 Å². The van der Waals surface area contributed by atoms with E-state index in [0.717, 1.165) is 16.7 Å². The lowest BCUT2D eigenvalue weighted by molar-refractivity contribution is 0.269. The van der Waals surface area contributed by atoms with Crippen molar-refractivity contribution >= 4 is 46.5 Å². The van der Waals surface area contributed by atoms with Crippen LogP contribution >= 0.6 is 34.8 Å². The zero-order chi connectivity index (χ0) is 21.5. The monoisotopic (exact) mass is 457 g/mol. The number of nitriles is 1. The Balaban J connectivity index is 1.93. The Bertz CT molecular complexity index is 1100. The molecule has 0 aliphatic heterocycles. The molecule has 0 unspecified atom stereocenters. The van der Waals surface area contributed by atoms with Crippen molar-refractivity contribution in [2.75, 3.05) is 6.61 Å². The summed E-state index contributed by atoms with van der Waals surface area (Å²) in [6.07, 6.45) is 1.75. The summed E-state index contributed by atoms with van der Waals surface area (Å²) in [5.74, 6) is 0.928. The van der Waals surface area contributed by atoms with Crippen molar-refractivity contribution in [3.05, 3.63) is 92.4 Å². The van der Waals surface area contributed by atoms with Crippen LogP contribution in [0.2, 0.25) is 15.1 Å². The Morgan fingerprint density at radius 1 is 0.967 bits per heavy atom. The third-order valence-corrected chi connectivity index (χ3v) is 5.15. The third-order valence-electron chi connectivity index (χ3n) is 4.25. The average molecular weight is 459 g/mol. The summed E-state index contributed by atoms with van der Waals surface area (Å²) in [5, 5.41) is 11.2. The molecule has 0 aromatic heterocycles. The van der Waals surface area contributed by atoms with E-state index in [1.165, 1.54) is 0 Å². The predicted octanol–water partition coefficient (Wildman–Crippen LogP) is 7.69. The number of rotatable bonds is 7. The van der Waals surface area contributed by atoms with E-state index in [9.17, 15) is 5.26 Å². The van der Waals surface area contributed by atoms with Crippen LogP contribution in [0.1, 0.15) is 23.6 Å². The standard InChI is InChI=1S/C24H18Cl3NO2/c1-2-29-23-13-16(11-19(14-28)17-7-9-20(25)10-8-17)12-22(27)24(23)30-15-18-5-3-4-6-21(18)26/h3-13H,2,15H2,1H3/b19-11+. The van der Waals surface area contributed by atoms with Crippen LogP contribution in [-0.2, 0) is 6.61 Å². The lowest BCUT2D eigenvalue weighted by atomic mass is 10.0. The number of nitrogens with zero attached hydrogens (tertiary/aromatic N) is 1. The normalized spacial score (nSPS) is 11.1. The third kappa shape index (κ3) is 5.49. The predicted molar refractivity (Wildman–Crippen MR) is 123 cm³/mol. The number of hydrogen-bond acceptors (Lipinski definition) is 3. The second-order valence-electron chi connectivity index (χ2n) is 6.32. The van der Waals surface area contributed by atoms with Crippen LogP contribution in [0, 0.1) is 11.3 Å². The van der Waals surface area contributed by atoms with Gasteiger partial charge in [-0.3, -0.25) is 0 Å². The highest BCUT2D eigenvalue weighted by molar-refractivity contribution is 6.32. The first-order valence-corrected chi connectivity index (χ1v) is 10.4. The number of halogens is 3. The summed E-state index contributed by atoms with van der Waals surface area (Å²) in [4.78, 5) is 0. The van der Waals surface area contributed by atoms with Gasteiger partial charge in [-0.15, -0.1) is 0 Å². The number of benzene rings is 3. The molecule has 0 radical (unpaired) electrons. The number of hydrogen-bond donors (Lipinski definition) is 0. The molecule has 0 bridgehead atoms. The zero-order valence-electron chi connectivity index (χ0n) is 16.2. The van der Waals surface area contributed by atoms with Crippen LogP contribution < -0.4 is 9.47 Å². The molecule has 0 spiro atoms. The first kappa shape index (κ1) is 22.1. The molecule has 3 aromatic carbocycles. The molecule has 0 atom stereocenters. The van der Waals surface area contributed by atoms with Gasteiger partial charge in [-0.25, -0.2) is 0 Å². The highest BCUT2D eigenvalue weighted by Gasteiger charge is 2.14. The fraction of sp³-hybridized carbons (Fsp3) is 0.125. The topological polar surface area (TPSA) is 42.2 Å². The molecule has 0 aliphatic carbocycles. The second kappa shape index (κ2) is 10.4. The van der Waals surface area contributed by atoms with Crippen LogP contribution in [0.4, 0.5) is 0 Å². The fourth-order valence-corrected chi connectivity index (χ4v) is 3.41. The van der Waals surface area contributed by atoms with E-state index >= 15 is 0 Å². The molecule has 0 N–H and O–H groups in total. The van der Waals surface area contributed by atoms with Gasteiger partial charge in [0.05, 0.1) is 23.3 Å². The van der Waals surface area contributed by atoms with Crippen LogP contribution in [-0.4, -0.2) is 6.61 Å². The van der Waals surface area contributed by atoms with Gasteiger partial charge >= 0.3 is 0 Å². The Morgan fingerprint density at radius 2 is 1.70 bits per heavy atom. The molecule has 3 nitrogen and oxygen atoms in total. The minimum atomic E-state index is 0.253. The van der Waals surface area contributed by atoms with Crippen molar-refractivity contribution in [2.45, 2.75) is 13.5 Å². The molecule has 0 saturated heterocycles. The summed E-state index contributed by atoms with van der Waals surface area (Å²) < 4.78 is 11.7. The van der Waals surface area contributed by atoms with E-state index in [-0.39, 0.29) is 6.61 Å². The summed E-state index contributed by atoms with van der Waals surface area (Å²) in [7, 11) is 0. The van der Waals surface area contributed by atoms with Gasteiger partial charge in [-0.1, -0.05) is 65.1 Å². The molecule has 6 heteroatoms. The van der Waals surface area contributed by atoms with Gasteiger partial charge in [0.2, 0.25) is 0 Å². The Morgan fingerprint density at radius 3 is 2.37 bits per heavy atom. The molecular formula is C24H18Cl3NO2. The first-order valence-electron chi connectivity index (χ1n) is 9.22. The van der Waals surface area contributed by atoms with Crippen molar-refractivity contribution in [1.82, 2.24) is 0 Å². The van der Waals surface area contributed by atoms with Crippen molar-refractivity contribution in [3.63, 3.8) is 0 Å². The van der Waals surface area contributed by atoms with Gasteiger partial charge < -0.3 is 9.47 Å². The van der Waals surface area contributed by atoms with Crippen molar-refractivity contribution in [1.29, 1.82) is 5.26 Å². The largest absolute Gasteiger partial charge is 0.490 e. The molecule has 0 heterocycles. The van der Waals surface area contributed by atoms with E-state index in [0.29, 0.717) is 38.7 Å². The van der Waals surface area contributed by atoms with Gasteiger partial charge in [-0.2, -0.15) is 5.26 Å². The Kier molecular flexibility index (Phi) is 7.65. The molecule has 30 heavy (non-hydrogen) atoms. The molecule has 152 valence electrons. The molecular weight excluding hydrogens is 441 g/mol. The molecule has 0 saturated carbocycles. The van der Waals surface area contributed by atoms with Crippen molar-refractivity contribution in [2.24, 2.45) is 0 Å². The van der Waals surface area contributed by atoms with Gasteiger partial charge in [0, 0.05) is 15.6 Å². The lowest BCUT2D eigenvalue weighted by Gasteiger charge is -2.15. The average Bonchev–Trinajstić information content (AvgIpc) is 2.73. The van der Waals surface area contributed by atoms with E-state index in [1.54, 1.807) is 48.5 Å². The van der Waals surface area contributed by atoms with Crippen LogP contribution in [0.25, 0.3) is 11.6 Å². The lowest BCUT2D eigenvalue weighted by Crippen LogP contribution is -2.01. The molecule has 3 aromatic rings. The second-order valence-corrected chi connectivity index (χ2v) is 7.57. The maximum Gasteiger partial charge on any atom is 0.180 e. The molecule has 3 rings (SSSR count). The zero-order valence-corrected chi connectivity index (χ0v) is 18.4. The highest BCUT2D eigenvalue weighted by atomic mass is 35.5. The number of ether oxygens (including phenoxy) is 2. The summed E-state index contributed by atoms with van der Waals surface area (Å²) >= 11 is 18.6. The molecule has 0 aliphatic rings. The van der Waals surface area contributed by atoms with Gasteiger partial charge in [0.15, 0.2) is 11.5 Å². The molecule has 0 fully saturated rings. The van der Waals surface area contributed by atoms with Gasteiger partial charge in [-0.05, 0) is 54.5 Å². The quantitative estimate of drug-likeness (QED) is 0.269. The van der Waals surface area contributed by atoms with Crippen molar-refractivity contribution < 1.29 is 9.47 Å². The van der Waals surface area contributed by atoms with E-state index in [4.69, 9.17) is 44.3 Å². The Labute approximate surface area is 191 Å². The number of allylic oxidation sites excluding steroid dienone is 1. The smallest absolute Gasteiger partial charge is 0.180 e. The fourth-order valence-electron chi connectivity index (χ4n) is 2.82. The SMILES string of the molecule is CCOc1cc(/C=C(\C#N)c2ccc(Cl)cc2)cc(Cl)c1OCc1ccccc1Cl. The maximum atomic E-state index is 9.59. The Hall–Kier alpha value is -2.64. The van der Waals surface area contributed by atoms with E-state index in [1.807, 2.05) is 25.1 Å². The molecule has 0 amide bonds. The minimum absolute atomic E-state index is 0.253. The summed E-state index contributed by atoms with van der Waals surface area (Å²) in [5.41, 5.74) is 2.81. The van der Waals surface area contributed by atoms with Gasteiger partial charge in [0.1, 0.15) is 6.61 Å². The van der Waals surface area contributed by atoms with Crippen molar-refractivity contribution in [3.8, 4) is 17.6 Å². The van der Waals surface area contributed by atoms with Gasteiger partial charge in [0.25, 0.3) is 0 Å². The highest BCUT2D eigenvalue weighted by Crippen LogP contribution is 2.38. The first-order chi connectivity index (χ1) is 14.5. The summed E-state index contributed by atoms with van der Waals surface area (Å²) in [6.45, 7) is 2.57. The maximum absolute atomic E-state index is 9.59. The van der Waals surface area contributed by atoms with E-state index in [2.05, 4.69) is 6.07 Å².